The smallest absolute Gasteiger partial charge is 0.246 e. The lowest BCUT2D eigenvalue weighted by atomic mass is 9.74. The van der Waals surface area contributed by atoms with Gasteiger partial charge in [-0.2, -0.15) is 0 Å². The zero-order chi connectivity index (χ0) is 25.3. The van der Waals surface area contributed by atoms with Crippen molar-refractivity contribution < 1.29 is 23.1 Å². The molecule has 0 radical (unpaired) electrons. The maximum atomic E-state index is 13.9. The van der Waals surface area contributed by atoms with Gasteiger partial charge >= 0.3 is 0 Å². The second-order valence-electron chi connectivity index (χ2n) is 10.4. The topological polar surface area (TPSA) is 55.8 Å². The number of benzene rings is 2. The van der Waals surface area contributed by atoms with E-state index in [1.54, 1.807) is 11.0 Å². The fourth-order valence-corrected chi connectivity index (χ4v) is 5.94. The largest absolute Gasteiger partial charge is 0.392 e. The predicted molar refractivity (Wildman–Crippen MR) is 133 cm³/mol. The Morgan fingerprint density at radius 1 is 1.03 bits per heavy atom. The average Bonchev–Trinajstić information content (AvgIpc) is 3.20. The van der Waals surface area contributed by atoms with Crippen molar-refractivity contribution in [3.63, 3.8) is 0 Å². The predicted octanol–water partition coefficient (Wildman–Crippen LogP) is 4.18. The molecule has 2 N–H and O–H groups in total. The third kappa shape index (κ3) is 5.30. The molecule has 0 aliphatic carbocycles. The normalized spacial score (nSPS) is 21.1. The van der Waals surface area contributed by atoms with E-state index in [2.05, 4.69) is 10.2 Å². The zero-order valence-corrected chi connectivity index (χ0v) is 20.2. The number of carbonyl (C=O) groups is 1. The van der Waals surface area contributed by atoms with Gasteiger partial charge in [0.25, 0.3) is 0 Å². The standard InChI is InChI=1S/C28H32F3N3O2/c29-21-2-3-25-24(16-21)28(18-32-25)7-11-33(12-8-28)17-26(35)20-5-9-34(10-6-20)27(36)4-1-19-13-22(30)15-23(31)14-19/h1-4,13-16,20,26,32,35H,5-12,17-18H2. The molecule has 5 nitrogen and oxygen atoms in total. The molecular weight excluding hydrogens is 467 g/mol. The highest BCUT2D eigenvalue weighted by Gasteiger charge is 2.42. The van der Waals surface area contributed by atoms with E-state index in [4.69, 9.17) is 0 Å². The van der Waals surface area contributed by atoms with Crippen LogP contribution >= 0.6 is 0 Å². The highest BCUT2D eigenvalue weighted by atomic mass is 19.1. The molecule has 8 heteroatoms. The number of hydrogen-bond donors (Lipinski definition) is 2. The van der Waals surface area contributed by atoms with Gasteiger partial charge in [-0.15, -0.1) is 0 Å². The number of anilines is 1. The summed E-state index contributed by atoms with van der Waals surface area (Å²) in [6, 6.07) is 8.14. The Balaban J connectivity index is 1.08. The summed E-state index contributed by atoms with van der Waals surface area (Å²) in [4.78, 5) is 16.5. The number of fused-ring (bicyclic) bond motifs is 2. The SMILES string of the molecule is O=C(C=Cc1cc(F)cc(F)c1)N1CCC(C(O)CN2CCC3(CC2)CNc2ccc(F)cc23)CC1. The highest BCUT2D eigenvalue weighted by molar-refractivity contribution is 5.91. The number of aliphatic hydroxyl groups excluding tert-OH is 1. The van der Waals surface area contributed by atoms with Crippen molar-refractivity contribution in [3.05, 3.63) is 71.1 Å². The molecular formula is C28H32F3N3O2. The number of hydrogen-bond acceptors (Lipinski definition) is 4. The molecule has 3 aliphatic heterocycles. The number of rotatable bonds is 5. The Hall–Kier alpha value is -2.84. The molecule has 1 atom stereocenters. The van der Waals surface area contributed by atoms with Crippen molar-refractivity contribution in [1.82, 2.24) is 9.80 Å². The summed E-state index contributed by atoms with van der Waals surface area (Å²) < 4.78 is 40.5. The average molecular weight is 500 g/mol. The van der Waals surface area contributed by atoms with Crippen LogP contribution in [0.3, 0.4) is 0 Å². The van der Waals surface area contributed by atoms with Gasteiger partial charge in [0.2, 0.25) is 5.91 Å². The first kappa shape index (κ1) is 24.8. The van der Waals surface area contributed by atoms with Crippen LogP contribution in [0, 0.1) is 23.4 Å². The van der Waals surface area contributed by atoms with Gasteiger partial charge < -0.3 is 20.2 Å². The van der Waals surface area contributed by atoms with Crippen LogP contribution in [-0.2, 0) is 10.2 Å². The van der Waals surface area contributed by atoms with Gasteiger partial charge in [0.05, 0.1) is 6.10 Å². The second kappa shape index (κ2) is 10.3. The lowest BCUT2D eigenvalue weighted by molar-refractivity contribution is -0.128. The van der Waals surface area contributed by atoms with E-state index >= 15 is 0 Å². The Kier molecular flexibility index (Phi) is 7.08. The number of halogens is 3. The van der Waals surface area contributed by atoms with Crippen molar-refractivity contribution in [2.45, 2.75) is 37.2 Å². The summed E-state index contributed by atoms with van der Waals surface area (Å²) in [6.07, 6.45) is 5.58. The first-order chi connectivity index (χ1) is 17.3. The number of carbonyl (C=O) groups excluding carboxylic acids is 1. The Labute approximate surface area is 209 Å². The van der Waals surface area contributed by atoms with Gasteiger partial charge in [-0.3, -0.25) is 4.79 Å². The van der Waals surface area contributed by atoms with Gasteiger partial charge in [-0.25, -0.2) is 13.2 Å². The molecule has 0 bridgehead atoms. The maximum Gasteiger partial charge on any atom is 0.246 e. The van der Waals surface area contributed by atoms with E-state index in [9.17, 15) is 23.1 Å². The van der Waals surface area contributed by atoms with Crippen LogP contribution in [0.15, 0.2) is 42.5 Å². The first-order valence-corrected chi connectivity index (χ1v) is 12.7. The maximum absolute atomic E-state index is 13.9. The number of piperidine rings is 2. The quantitative estimate of drug-likeness (QED) is 0.607. The number of nitrogens with one attached hydrogen (secondary N) is 1. The van der Waals surface area contributed by atoms with Crippen LogP contribution in [-0.4, -0.2) is 66.2 Å². The van der Waals surface area contributed by atoms with E-state index in [-0.39, 0.29) is 23.1 Å². The van der Waals surface area contributed by atoms with Crippen molar-refractivity contribution in [1.29, 1.82) is 0 Å². The lowest BCUT2D eigenvalue weighted by Crippen LogP contribution is -2.48. The summed E-state index contributed by atoms with van der Waals surface area (Å²) in [5.41, 5.74) is 2.38. The minimum Gasteiger partial charge on any atom is -0.392 e. The number of β-amino-alcohol motifs (C(OH)–C–C–N with tert-alkyl or cyclic N) is 1. The van der Waals surface area contributed by atoms with Crippen molar-refractivity contribution in [3.8, 4) is 0 Å². The van der Waals surface area contributed by atoms with E-state index < -0.39 is 17.7 Å². The van der Waals surface area contributed by atoms with Gasteiger partial charge in [-0.1, -0.05) is 0 Å². The van der Waals surface area contributed by atoms with Crippen molar-refractivity contribution in [2.75, 3.05) is 44.6 Å². The molecule has 2 fully saturated rings. The van der Waals surface area contributed by atoms with E-state index in [0.717, 1.165) is 49.8 Å². The Bertz CT molecular complexity index is 1120. The monoisotopic (exact) mass is 499 g/mol. The van der Waals surface area contributed by atoms with Gasteiger partial charge in [0.1, 0.15) is 17.5 Å². The fourth-order valence-electron chi connectivity index (χ4n) is 5.94. The lowest BCUT2D eigenvalue weighted by Gasteiger charge is -2.41. The molecule has 3 aliphatic rings. The molecule has 3 heterocycles. The third-order valence-electron chi connectivity index (χ3n) is 8.13. The van der Waals surface area contributed by atoms with Crippen LogP contribution in [0.2, 0.25) is 0 Å². The molecule has 1 unspecified atom stereocenters. The number of likely N-dealkylation sites (tertiary alicyclic amines) is 2. The van der Waals surface area contributed by atoms with Crippen molar-refractivity contribution in [2.24, 2.45) is 5.92 Å². The van der Waals surface area contributed by atoms with E-state index in [1.165, 1.54) is 30.4 Å². The molecule has 0 aromatic heterocycles. The number of nitrogens with zero attached hydrogens (tertiary/aromatic N) is 2. The molecule has 2 aromatic rings. The van der Waals surface area contributed by atoms with Crippen LogP contribution in [0.1, 0.15) is 36.8 Å². The number of aliphatic hydroxyl groups is 1. The molecule has 192 valence electrons. The molecule has 36 heavy (non-hydrogen) atoms. The Morgan fingerprint density at radius 3 is 2.42 bits per heavy atom. The summed E-state index contributed by atoms with van der Waals surface area (Å²) in [7, 11) is 0. The highest BCUT2D eigenvalue weighted by Crippen LogP contribution is 2.44. The molecule has 0 saturated carbocycles. The van der Waals surface area contributed by atoms with Gasteiger partial charge in [0.15, 0.2) is 0 Å². The zero-order valence-electron chi connectivity index (χ0n) is 20.2. The molecule has 2 saturated heterocycles. The summed E-state index contributed by atoms with van der Waals surface area (Å²) in [5.74, 6) is -1.64. The van der Waals surface area contributed by atoms with E-state index in [1.807, 2.05) is 6.07 Å². The summed E-state index contributed by atoms with van der Waals surface area (Å²) >= 11 is 0. The first-order valence-electron chi connectivity index (χ1n) is 12.7. The summed E-state index contributed by atoms with van der Waals surface area (Å²) in [6.45, 7) is 4.23. The van der Waals surface area contributed by atoms with Crippen LogP contribution in [0.4, 0.5) is 18.9 Å². The third-order valence-corrected chi connectivity index (χ3v) is 8.13. The summed E-state index contributed by atoms with van der Waals surface area (Å²) in [5, 5.41) is 14.3. The van der Waals surface area contributed by atoms with Crippen molar-refractivity contribution >= 4 is 17.7 Å². The Morgan fingerprint density at radius 2 is 1.72 bits per heavy atom. The van der Waals surface area contributed by atoms with Gasteiger partial charge in [0, 0.05) is 49.4 Å². The molecule has 5 rings (SSSR count). The van der Waals surface area contributed by atoms with E-state index in [0.29, 0.717) is 38.0 Å². The molecule has 2 aromatic carbocycles. The number of amides is 1. The molecule has 1 amide bonds. The fraction of sp³-hybridized carbons (Fsp3) is 0.464. The van der Waals surface area contributed by atoms with Crippen LogP contribution in [0.5, 0.6) is 0 Å². The van der Waals surface area contributed by atoms with Crippen LogP contribution in [0.25, 0.3) is 6.08 Å². The minimum atomic E-state index is -0.681. The minimum absolute atomic E-state index is 0.0323. The van der Waals surface area contributed by atoms with Crippen LogP contribution < -0.4 is 5.32 Å². The second-order valence-corrected chi connectivity index (χ2v) is 10.4. The van der Waals surface area contributed by atoms with Gasteiger partial charge in [-0.05, 0) is 92.2 Å². The molecule has 1 spiro atoms.